The average Bonchev–Trinajstić information content (AvgIpc) is 3.36. The fourth-order valence-corrected chi connectivity index (χ4v) is 8.22. The molecule has 2 heterocycles. The standard InChI is InChI=1S/C28H37NO8/c1-14-5-7-20-26(2,3)21(31)9-10-27(20,4)28(14)12-16-19(30)11-15-17(23(16)37-28)13-29(24(15)34)18(25(35)36)6-8-22(32)33/h11,14,18,20-21,30-31H,5-10,12-13H2,1-4H3,(H,32,33)(H,35,36)/t14-,18+,20+,21-,27+,28-/m1/s1. The quantitative estimate of drug-likeness (QED) is 0.466. The Labute approximate surface area is 216 Å². The van der Waals surface area contributed by atoms with E-state index < -0.39 is 35.6 Å². The van der Waals surface area contributed by atoms with E-state index >= 15 is 0 Å². The molecule has 1 aromatic rings. The van der Waals surface area contributed by atoms with E-state index in [1.165, 1.54) is 11.0 Å². The molecule has 0 saturated heterocycles. The summed E-state index contributed by atoms with van der Waals surface area (Å²) in [7, 11) is 0. The van der Waals surface area contributed by atoms with E-state index in [1.54, 1.807) is 0 Å². The van der Waals surface area contributed by atoms with Gasteiger partial charge >= 0.3 is 11.9 Å². The van der Waals surface area contributed by atoms with E-state index in [1.807, 2.05) is 0 Å². The minimum atomic E-state index is -1.29. The molecule has 1 amide bonds. The molecular weight excluding hydrogens is 478 g/mol. The van der Waals surface area contributed by atoms with Crippen molar-refractivity contribution in [2.75, 3.05) is 0 Å². The smallest absolute Gasteiger partial charge is 0.326 e. The minimum absolute atomic E-state index is 0.0117. The van der Waals surface area contributed by atoms with Crippen molar-refractivity contribution in [2.24, 2.45) is 22.7 Å². The molecule has 9 heteroatoms. The zero-order chi connectivity index (χ0) is 27.1. The lowest BCUT2D eigenvalue weighted by molar-refractivity contribution is -0.210. The van der Waals surface area contributed by atoms with Gasteiger partial charge < -0.3 is 30.1 Å². The van der Waals surface area contributed by atoms with Crippen molar-refractivity contribution in [2.45, 2.75) is 96.9 Å². The van der Waals surface area contributed by atoms with E-state index in [9.17, 15) is 29.7 Å². The number of hydrogen-bond donors (Lipinski definition) is 4. The Morgan fingerprint density at radius 2 is 1.86 bits per heavy atom. The Kier molecular flexibility index (Phi) is 5.83. The van der Waals surface area contributed by atoms with Crippen molar-refractivity contribution in [3.8, 4) is 11.5 Å². The molecule has 5 rings (SSSR count). The monoisotopic (exact) mass is 515 g/mol. The molecule has 0 radical (unpaired) electrons. The van der Waals surface area contributed by atoms with Gasteiger partial charge in [-0.2, -0.15) is 0 Å². The summed E-state index contributed by atoms with van der Waals surface area (Å²) >= 11 is 0. The van der Waals surface area contributed by atoms with Crippen LogP contribution in [0, 0.1) is 22.7 Å². The number of fused-ring (bicyclic) bond motifs is 5. The van der Waals surface area contributed by atoms with Gasteiger partial charge in [0.1, 0.15) is 23.1 Å². The van der Waals surface area contributed by atoms with Crippen LogP contribution in [0.3, 0.4) is 0 Å². The molecule has 4 N–H and O–H groups in total. The molecule has 1 aromatic carbocycles. The molecule has 2 saturated carbocycles. The van der Waals surface area contributed by atoms with Crippen LogP contribution in [0.5, 0.6) is 11.5 Å². The summed E-state index contributed by atoms with van der Waals surface area (Å²) in [5.41, 5.74) is 0.202. The summed E-state index contributed by atoms with van der Waals surface area (Å²) in [5.74, 6) is -2.14. The maximum Gasteiger partial charge on any atom is 0.326 e. The molecule has 1 spiro atoms. The lowest BCUT2D eigenvalue weighted by Crippen LogP contribution is -2.66. The van der Waals surface area contributed by atoms with E-state index in [2.05, 4.69) is 27.7 Å². The molecule has 2 aliphatic carbocycles. The minimum Gasteiger partial charge on any atom is -0.508 e. The number of benzene rings is 1. The molecule has 0 aromatic heterocycles. The molecule has 9 nitrogen and oxygen atoms in total. The number of aliphatic hydroxyl groups is 1. The number of aliphatic hydroxyl groups excluding tert-OH is 1. The van der Waals surface area contributed by atoms with Gasteiger partial charge in [0.2, 0.25) is 0 Å². The van der Waals surface area contributed by atoms with Gasteiger partial charge in [0.05, 0.1) is 18.2 Å². The summed E-state index contributed by atoms with van der Waals surface area (Å²) in [6.07, 6.45) is 2.83. The van der Waals surface area contributed by atoms with Crippen molar-refractivity contribution in [1.29, 1.82) is 0 Å². The molecule has 0 bridgehead atoms. The van der Waals surface area contributed by atoms with E-state index in [-0.39, 0.29) is 53.4 Å². The number of carboxylic acids is 2. The van der Waals surface area contributed by atoms with Gasteiger partial charge in [-0.1, -0.05) is 27.7 Å². The van der Waals surface area contributed by atoms with Crippen LogP contribution < -0.4 is 4.74 Å². The lowest BCUT2D eigenvalue weighted by atomic mass is 9.43. The largest absolute Gasteiger partial charge is 0.508 e. The Morgan fingerprint density at radius 3 is 2.51 bits per heavy atom. The number of ether oxygens (including phenoxy) is 1. The van der Waals surface area contributed by atoms with Crippen molar-refractivity contribution < 1.29 is 39.5 Å². The predicted molar refractivity (Wildman–Crippen MR) is 132 cm³/mol. The van der Waals surface area contributed by atoms with Crippen molar-refractivity contribution in [3.63, 3.8) is 0 Å². The molecule has 202 valence electrons. The zero-order valence-corrected chi connectivity index (χ0v) is 21.9. The molecular formula is C28H37NO8. The van der Waals surface area contributed by atoms with Crippen LogP contribution in [-0.4, -0.2) is 60.9 Å². The Morgan fingerprint density at radius 1 is 1.16 bits per heavy atom. The second-order valence-corrected chi connectivity index (χ2v) is 12.4. The highest BCUT2D eigenvalue weighted by Gasteiger charge is 2.67. The second kappa shape index (κ2) is 8.35. The van der Waals surface area contributed by atoms with Gasteiger partial charge in [0.15, 0.2) is 0 Å². The normalized spacial score (nSPS) is 34.5. The number of phenols is 1. The highest BCUT2D eigenvalue weighted by molar-refractivity contribution is 6.02. The number of carboxylic acid groups (broad SMARTS) is 2. The van der Waals surface area contributed by atoms with Gasteiger partial charge in [0, 0.05) is 29.4 Å². The molecule has 2 aliphatic heterocycles. The summed E-state index contributed by atoms with van der Waals surface area (Å²) in [5, 5.41) is 40.8. The molecule has 6 atom stereocenters. The summed E-state index contributed by atoms with van der Waals surface area (Å²) in [6.45, 7) is 8.66. The highest BCUT2D eigenvalue weighted by Crippen LogP contribution is 2.67. The first-order valence-corrected chi connectivity index (χ1v) is 13.2. The van der Waals surface area contributed by atoms with Gasteiger partial charge in [-0.3, -0.25) is 9.59 Å². The summed E-state index contributed by atoms with van der Waals surface area (Å²) in [6, 6.07) is 0.122. The maximum absolute atomic E-state index is 13.3. The van der Waals surface area contributed by atoms with E-state index in [0.717, 1.165) is 19.3 Å². The first-order valence-electron chi connectivity index (χ1n) is 13.2. The zero-order valence-electron chi connectivity index (χ0n) is 21.9. The van der Waals surface area contributed by atoms with Gasteiger partial charge in [0.25, 0.3) is 5.91 Å². The van der Waals surface area contributed by atoms with Crippen LogP contribution >= 0.6 is 0 Å². The van der Waals surface area contributed by atoms with E-state index in [4.69, 9.17) is 9.84 Å². The number of amides is 1. The number of aliphatic carboxylic acids is 2. The number of aromatic hydroxyl groups is 1. The third kappa shape index (κ3) is 3.49. The third-order valence-corrected chi connectivity index (χ3v) is 10.4. The molecule has 4 aliphatic rings. The van der Waals surface area contributed by atoms with Crippen molar-refractivity contribution >= 4 is 17.8 Å². The number of hydrogen-bond acceptors (Lipinski definition) is 6. The van der Waals surface area contributed by atoms with Crippen LogP contribution in [0.25, 0.3) is 0 Å². The fraction of sp³-hybridized carbons (Fsp3) is 0.679. The third-order valence-electron chi connectivity index (χ3n) is 10.4. The Hall–Kier alpha value is -2.81. The highest BCUT2D eigenvalue weighted by atomic mass is 16.5. The van der Waals surface area contributed by atoms with Crippen LogP contribution in [-0.2, 0) is 22.6 Å². The van der Waals surface area contributed by atoms with Gasteiger partial charge in [-0.25, -0.2) is 4.79 Å². The lowest BCUT2D eigenvalue weighted by Gasteiger charge is -2.64. The van der Waals surface area contributed by atoms with Gasteiger partial charge in [-0.05, 0) is 55.4 Å². The van der Waals surface area contributed by atoms with Crippen LogP contribution in [0.2, 0.25) is 0 Å². The Bertz CT molecular complexity index is 1180. The molecule has 0 unspecified atom stereocenters. The Balaban J connectivity index is 1.55. The predicted octanol–water partition coefficient (Wildman–Crippen LogP) is 3.57. The SMILES string of the molecule is C[C@@H]1CC[C@H]2C(C)(C)[C@H](O)CC[C@]2(C)[C@@]12Cc1c(O)cc3c(c1O2)CN([C@@H](CCC(=O)O)C(=O)O)C3=O. The number of nitrogens with zero attached hydrogens (tertiary/aromatic N) is 1. The number of rotatable bonds is 5. The maximum atomic E-state index is 13.3. The van der Waals surface area contributed by atoms with Crippen LogP contribution in [0.15, 0.2) is 6.07 Å². The van der Waals surface area contributed by atoms with Crippen molar-refractivity contribution in [1.82, 2.24) is 4.90 Å². The van der Waals surface area contributed by atoms with Crippen molar-refractivity contribution in [3.05, 3.63) is 22.8 Å². The first kappa shape index (κ1) is 25.8. The first-order chi connectivity index (χ1) is 17.2. The van der Waals surface area contributed by atoms with Crippen LogP contribution in [0.1, 0.15) is 87.7 Å². The summed E-state index contributed by atoms with van der Waals surface area (Å²) < 4.78 is 6.95. The number of carbonyl (C=O) groups is 3. The fourth-order valence-electron chi connectivity index (χ4n) is 8.22. The van der Waals surface area contributed by atoms with Crippen LogP contribution in [0.4, 0.5) is 0 Å². The topological polar surface area (TPSA) is 145 Å². The van der Waals surface area contributed by atoms with Gasteiger partial charge in [-0.15, -0.1) is 0 Å². The average molecular weight is 516 g/mol. The molecule has 2 fully saturated rings. The summed E-state index contributed by atoms with van der Waals surface area (Å²) in [4.78, 5) is 37.6. The van der Waals surface area contributed by atoms with E-state index in [0.29, 0.717) is 29.7 Å². The number of carbonyl (C=O) groups excluding carboxylic acids is 1. The second-order valence-electron chi connectivity index (χ2n) is 12.4. The molecule has 37 heavy (non-hydrogen) atoms. The number of phenolic OH excluding ortho intramolecular Hbond substituents is 1.